The molecule has 0 atom stereocenters. The van der Waals surface area contributed by atoms with Crippen LogP contribution in [0.3, 0.4) is 0 Å². The van der Waals surface area contributed by atoms with E-state index < -0.39 is 5.82 Å². The molecule has 16 heavy (non-hydrogen) atoms. The van der Waals surface area contributed by atoms with Crippen LogP contribution >= 0.6 is 11.6 Å². The topological polar surface area (TPSA) is 46.2 Å². The summed E-state index contributed by atoms with van der Waals surface area (Å²) >= 11 is 5.83. The minimum atomic E-state index is -0.408. The number of phenols is 1. The van der Waals surface area contributed by atoms with Gasteiger partial charge in [0, 0.05) is 18.0 Å². The van der Waals surface area contributed by atoms with Gasteiger partial charge in [-0.25, -0.2) is 4.39 Å². The highest BCUT2D eigenvalue weighted by molar-refractivity contribution is 6.32. The van der Waals surface area contributed by atoms with Gasteiger partial charge in [0.05, 0.1) is 5.02 Å². The number of hydrogen-bond acceptors (Lipinski definition) is 2. The summed E-state index contributed by atoms with van der Waals surface area (Å²) in [6.45, 7) is 0.422. The van der Waals surface area contributed by atoms with Gasteiger partial charge in [0.1, 0.15) is 11.6 Å². The lowest BCUT2D eigenvalue weighted by molar-refractivity contribution is 0.420. The monoisotopic (exact) mass is 243 g/mol. The van der Waals surface area contributed by atoms with Crippen molar-refractivity contribution in [2.75, 3.05) is 6.54 Å². The van der Waals surface area contributed by atoms with Crippen LogP contribution in [0.1, 0.15) is 31.2 Å². The molecule has 1 aliphatic carbocycles. The van der Waals surface area contributed by atoms with E-state index in [2.05, 4.69) is 0 Å². The summed E-state index contributed by atoms with van der Waals surface area (Å²) in [5.74, 6) is -0.623. The van der Waals surface area contributed by atoms with Gasteiger partial charge in [-0.05, 0) is 24.5 Å². The number of benzene rings is 1. The molecule has 1 aliphatic rings. The van der Waals surface area contributed by atoms with Crippen molar-refractivity contribution in [3.05, 3.63) is 28.5 Å². The fourth-order valence-electron chi connectivity index (χ4n) is 2.58. The van der Waals surface area contributed by atoms with Gasteiger partial charge >= 0.3 is 0 Å². The molecule has 0 bridgehead atoms. The molecule has 0 spiro atoms. The fourth-order valence-corrected chi connectivity index (χ4v) is 2.74. The smallest absolute Gasteiger partial charge is 0.137 e. The zero-order valence-electron chi connectivity index (χ0n) is 8.97. The Bertz CT molecular complexity index is 402. The molecule has 2 nitrogen and oxygen atoms in total. The van der Waals surface area contributed by atoms with Crippen LogP contribution in [0.2, 0.25) is 5.02 Å². The largest absolute Gasteiger partial charge is 0.506 e. The van der Waals surface area contributed by atoms with Gasteiger partial charge in [0.2, 0.25) is 0 Å². The van der Waals surface area contributed by atoms with Gasteiger partial charge in [-0.15, -0.1) is 0 Å². The number of rotatable bonds is 2. The summed E-state index contributed by atoms with van der Waals surface area (Å²) in [7, 11) is 0. The van der Waals surface area contributed by atoms with E-state index in [-0.39, 0.29) is 16.2 Å². The lowest BCUT2D eigenvalue weighted by Gasteiger charge is -2.28. The second-order valence-electron chi connectivity index (χ2n) is 4.48. The molecule has 0 aliphatic heterocycles. The quantitative estimate of drug-likeness (QED) is 0.839. The van der Waals surface area contributed by atoms with Crippen LogP contribution in [0.4, 0.5) is 4.39 Å². The summed E-state index contributed by atoms with van der Waals surface area (Å²) in [4.78, 5) is 0. The summed E-state index contributed by atoms with van der Waals surface area (Å²) in [6.07, 6.45) is 3.91. The lowest BCUT2D eigenvalue weighted by Crippen LogP contribution is -2.33. The standard InChI is InChI=1S/C12H15ClFNO/c13-9-5-8(10(14)6-11(9)16)12(7-15)3-1-2-4-12/h5-6,16H,1-4,7,15H2. The van der Waals surface area contributed by atoms with E-state index in [1.54, 1.807) is 0 Å². The summed E-state index contributed by atoms with van der Waals surface area (Å²) < 4.78 is 13.8. The third-order valence-corrected chi connectivity index (χ3v) is 3.86. The Balaban J connectivity index is 2.50. The van der Waals surface area contributed by atoms with Crippen LogP contribution in [-0.2, 0) is 5.41 Å². The van der Waals surface area contributed by atoms with Crippen molar-refractivity contribution in [3.63, 3.8) is 0 Å². The van der Waals surface area contributed by atoms with Crippen molar-refractivity contribution in [3.8, 4) is 5.75 Å². The van der Waals surface area contributed by atoms with E-state index in [4.69, 9.17) is 17.3 Å². The molecule has 88 valence electrons. The number of hydrogen-bond donors (Lipinski definition) is 2. The van der Waals surface area contributed by atoms with E-state index in [9.17, 15) is 9.50 Å². The first-order valence-electron chi connectivity index (χ1n) is 5.48. The van der Waals surface area contributed by atoms with E-state index >= 15 is 0 Å². The minimum Gasteiger partial charge on any atom is -0.506 e. The molecule has 0 heterocycles. The van der Waals surface area contributed by atoms with Crippen molar-refractivity contribution in [1.29, 1.82) is 0 Å². The maximum atomic E-state index is 13.8. The predicted molar refractivity (Wildman–Crippen MR) is 62.3 cm³/mol. The Morgan fingerprint density at radius 1 is 1.38 bits per heavy atom. The maximum absolute atomic E-state index is 13.8. The SMILES string of the molecule is NCC1(c2cc(Cl)c(O)cc2F)CCCC1. The van der Waals surface area contributed by atoms with Crippen molar-refractivity contribution in [2.24, 2.45) is 5.73 Å². The third kappa shape index (κ3) is 1.78. The second-order valence-corrected chi connectivity index (χ2v) is 4.88. The third-order valence-electron chi connectivity index (χ3n) is 3.56. The van der Waals surface area contributed by atoms with Crippen LogP contribution in [0, 0.1) is 5.82 Å². The Labute approximate surface area is 99.2 Å². The number of halogens is 2. The highest BCUT2D eigenvalue weighted by atomic mass is 35.5. The van der Waals surface area contributed by atoms with Gasteiger partial charge < -0.3 is 10.8 Å². The van der Waals surface area contributed by atoms with E-state index in [1.807, 2.05) is 0 Å². The first kappa shape index (κ1) is 11.7. The second kappa shape index (κ2) is 4.22. The lowest BCUT2D eigenvalue weighted by atomic mass is 9.78. The number of aromatic hydroxyl groups is 1. The predicted octanol–water partition coefficient (Wildman–Crippen LogP) is 2.96. The van der Waals surface area contributed by atoms with E-state index in [0.717, 1.165) is 31.7 Å². The molecule has 4 heteroatoms. The molecule has 1 fully saturated rings. The van der Waals surface area contributed by atoms with Crippen LogP contribution in [0.15, 0.2) is 12.1 Å². The van der Waals surface area contributed by atoms with Gasteiger partial charge in [0.15, 0.2) is 0 Å². The van der Waals surface area contributed by atoms with E-state index in [0.29, 0.717) is 12.1 Å². The summed E-state index contributed by atoms with van der Waals surface area (Å²) in [5, 5.41) is 9.51. The van der Waals surface area contributed by atoms with Crippen LogP contribution in [-0.4, -0.2) is 11.7 Å². The molecule has 0 aromatic heterocycles. The normalized spacial score (nSPS) is 18.9. The van der Waals surface area contributed by atoms with Crippen molar-refractivity contribution in [2.45, 2.75) is 31.1 Å². The number of phenolic OH excluding ortho intramolecular Hbond substituents is 1. The van der Waals surface area contributed by atoms with Gasteiger partial charge in [-0.2, -0.15) is 0 Å². The first-order chi connectivity index (χ1) is 7.59. The number of nitrogens with two attached hydrogens (primary N) is 1. The maximum Gasteiger partial charge on any atom is 0.137 e. The van der Waals surface area contributed by atoms with Gasteiger partial charge in [0.25, 0.3) is 0 Å². The zero-order valence-corrected chi connectivity index (χ0v) is 9.73. The van der Waals surface area contributed by atoms with Gasteiger partial charge in [-0.1, -0.05) is 24.4 Å². The summed E-state index contributed by atoms with van der Waals surface area (Å²) in [6, 6.07) is 2.60. The molecule has 0 saturated heterocycles. The van der Waals surface area contributed by atoms with Crippen molar-refractivity contribution in [1.82, 2.24) is 0 Å². The van der Waals surface area contributed by atoms with Gasteiger partial charge in [-0.3, -0.25) is 0 Å². The molecule has 3 N–H and O–H groups in total. The zero-order chi connectivity index (χ0) is 11.8. The molecule has 0 radical (unpaired) electrons. The Kier molecular flexibility index (Phi) is 3.08. The van der Waals surface area contributed by atoms with Crippen LogP contribution < -0.4 is 5.73 Å². The van der Waals surface area contributed by atoms with Crippen molar-refractivity contribution < 1.29 is 9.50 Å². The molecular formula is C12H15ClFNO. The average molecular weight is 244 g/mol. The molecule has 0 amide bonds. The van der Waals surface area contributed by atoms with E-state index in [1.165, 1.54) is 6.07 Å². The molecule has 1 aromatic rings. The van der Waals surface area contributed by atoms with Crippen molar-refractivity contribution >= 4 is 11.6 Å². The Morgan fingerprint density at radius 3 is 2.56 bits per heavy atom. The molecular weight excluding hydrogens is 229 g/mol. The summed E-state index contributed by atoms with van der Waals surface area (Å²) in [5.41, 5.74) is 6.05. The molecule has 1 aromatic carbocycles. The average Bonchev–Trinajstić information content (AvgIpc) is 2.73. The minimum absolute atomic E-state index is 0.191. The van der Waals surface area contributed by atoms with Crippen LogP contribution in [0.25, 0.3) is 0 Å². The molecule has 2 rings (SSSR count). The Hall–Kier alpha value is -0.800. The Morgan fingerprint density at radius 2 is 2.00 bits per heavy atom. The highest BCUT2D eigenvalue weighted by Crippen LogP contribution is 2.43. The highest BCUT2D eigenvalue weighted by Gasteiger charge is 2.36. The van der Waals surface area contributed by atoms with Crippen LogP contribution in [0.5, 0.6) is 5.75 Å². The molecule has 0 unspecified atom stereocenters. The fraction of sp³-hybridized carbons (Fsp3) is 0.500. The first-order valence-corrected chi connectivity index (χ1v) is 5.85. The molecule has 1 saturated carbocycles.